The maximum absolute atomic E-state index is 5.84. The molecule has 0 spiro atoms. The van der Waals surface area contributed by atoms with Crippen LogP contribution in [0.1, 0.15) is 61.5 Å². The first-order valence-electron chi connectivity index (χ1n) is 10.8. The smallest absolute Gasteiger partial charge is 0.174 e. The summed E-state index contributed by atoms with van der Waals surface area (Å²) in [4.78, 5) is 6.88. The molecule has 0 radical (unpaired) electrons. The molecule has 31 heavy (non-hydrogen) atoms. The molecule has 0 aliphatic carbocycles. The Morgan fingerprint density at radius 2 is 1.87 bits per heavy atom. The number of hydrogen-bond acceptors (Lipinski definition) is 3. The first kappa shape index (κ1) is 21.4. The lowest BCUT2D eigenvalue weighted by Gasteiger charge is -2.28. The van der Waals surface area contributed by atoms with E-state index >= 15 is 0 Å². The summed E-state index contributed by atoms with van der Waals surface area (Å²) in [5.74, 6) is 0.861. The Morgan fingerprint density at radius 1 is 1.13 bits per heavy atom. The molecule has 0 saturated carbocycles. The van der Waals surface area contributed by atoms with Gasteiger partial charge in [-0.3, -0.25) is 4.98 Å². The van der Waals surface area contributed by atoms with Gasteiger partial charge in [0, 0.05) is 29.3 Å². The molecule has 0 amide bonds. The molecule has 162 valence electrons. The molecule has 1 N–H and O–H groups in total. The van der Waals surface area contributed by atoms with E-state index in [1.807, 2.05) is 37.4 Å². The van der Waals surface area contributed by atoms with Gasteiger partial charge in [-0.05, 0) is 94.9 Å². The van der Waals surface area contributed by atoms with Gasteiger partial charge < -0.3 is 19.5 Å². The van der Waals surface area contributed by atoms with Crippen LogP contribution in [0.25, 0.3) is 0 Å². The van der Waals surface area contributed by atoms with Crippen molar-refractivity contribution in [3.63, 3.8) is 0 Å². The minimum Gasteiger partial charge on any atom is -0.494 e. The number of nitrogens with zero attached hydrogens (tertiary/aromatic N) is 3. The number of rotatable bonds is 6. The number of thiocarbonyl (C=S) groups is 1. The molecule has 3 heterocycles. The molecule has 5 nitrogen and oxygen atoms in total. The topological polar surface area (TPSA) is 42.3 Å². The number of pyridine rings is 1. The van der Waals surface area contributed by atoms with E-state index in [4.69, 9.17) is 17.0 Å². The standard InChI is InChI=1S/C25H30N4OS/c1-6-30-20-12-10-19(11-13-20)29-24(21-15-17(4)28(16(2)3)18(21)5)23(27-25(29)31)22-9-7-8-14-26-22/h7-16,23-24H,6H2,1-5H3,(H,27,31)/t23-,24+/m0/s1. The molecule has 2 aromatic heterocycles. The van der Waals surface area contributed by atoms with Crippen molar-refractivity contribution >= 4 is 23.0 Å². The summed E-state index contributed by atoms with van der Waals surface area (Å²) >= 11 is 5.84. The highest BCUT2D eigenvalue weighted by Crippen LogP contribution is 2.43. The van der Waals surface area contributed by atoms with Crippen LogP contribution in [0.2, 0.25) is 0 Å². The van der Waals surface area contributed by atoms with E-state index in [-0.39, 0.29) is 12.1 Å². The fraction of sp³-hybridized carbons (Fsp3) is 0.360. The monoisotopic (exact) mass is 434 g/mol. The molecule has 6 heteroatoms. The van der Waals surface area contributed by atoms with Crippen molar-refractivity contribution in [2.45, 2.75) is 52.7 Å². The van der Waals surface area contributed by atoms with Gasteiger partial charge in [-0.1, -0.05) is 6.07 Å². The highest BCUT2D eigenvalue weighted by Gasteiger charge is 2.42. The third-order valence-electron chi connectivity index (χ3n) is 5.88. The second-order valence-electron chi connectivity index (χ2n) is 8.21. The van der Waals surface area contributed by atoms with E-state index in [0.29, 0.717) is 17.8 Å². The Hall–Kier alpha value is -2.86. The van der Waals surface area contributed by atoms with Crippen LogP contribution in [0.4, 0.5) is 5.69 Å². The zero-order valence-electron chi connectivity index (χ0n) is 18.8. The Labute approximate surface area is 190 Å². The number of ether oxygens (including phenoxy) is 1. The summed E-state index contributed by atoms with van der Waals surface area (Å²) in [6.07, 6.45) is 1.84. The molecule has 4 rings (SSSR count). The summed E-state index contributed by atoms with van der Waals surface area (Å²) in [5.41, 5.74) is 5.81. The third kappa shape index (κ3) is 3.92. The zero-order valence-corrected chi connectivity index (χ0v) is 19.6. The van der Waals surface area contributed by atoms with Crippen LogP contribution in [0, 0.1) is 13.8 Å². The van der Waals surface area contributed by atoms with Gasteiger partial charge in [0.15, 0.2) is 5.11 Å². The number of nitrogens with one attached hydrogen (secondary N) is 1. The van der Waals surface area contributed by atoms with Crippen molar-refractivity contribution in [2.24, 2.45) is 0 Å². The third-order valence-corrected chi connectivity index (χ3v) is 6.20. The average Bonchev–Trinajstić information content (AvgIpc) is 3.25. The minimum atomic E-state index is -0.0404. The van der Waals surface area contributed by atoms with Gasteiger partial charge >= 0.3 is 0 Å². The molecule has 0 bridgehead atoms. The van der Waals surface area contributed by atoms with Crippen LogP contribution < -0.4 is 15.0 Å². The molecular formula is C25H30N4OS. The number of aromatic nitrogens is 2. The number of aryl methyl sites for hydroxylation is 1. The molecular weight excluding hydrogens is 404 g/mol. The highest BCUT2D eigenvalue weighted by molar-refractivity contribution is 7.80. The first-order chi connectivity index (χ1) is 14.9. The van der Waals surface area contributed by atoms with Crippen LogP contribution in [0.3, 0.4) is 0 Å². The van der Waals surface area contributed by atoms with Crippen LogP contribution in [-0.2, 0) is 0 Å². The predicted octanol–water partition coefficient (Wildman–Crippen LogP) is 5.66. The second kappa shape index (κ2) is 8.71. The number of anilines is 1. The van der Waals surface area contributed by atoms with Crippen molar-refractivity contribution in [3.05, 3.63) is 77.4 Å². The minimum absolute atomic E-state index is 0.000886. The fourth-order valence-electron chi connectivity index (χ4n) is 4.72. The van der Waals surface area contributed by atoms with Crippen LogP contribution in [-0.4, -0.2) is 21.3 Å². The lowest BCUT2D eigenvalue weighted by Crippen LogP contribution is -2.29. The van der Waals surface area contributed by atoms with Crippen LogP contribution in [0.5, 0.6) is 5.75 Å². The summed E-state index contributed by atoms with van der Waals surface area (Å²) in [7, 11) is 0. The Morgan fingerprint density at radius 3 is 2.45 bits per heavy atom. The summed E-state index contributed by atoms with van der Waals surface area (Å²) in [6.45, 7) is 11.5. The molecule has 1 aliphatic heterocycles. The van der Waals surface area contributed by atoms with E-state index in [1.54, 1.807) is 0 Å². The van der Waals surface area contributed by atoms with Crippen molar-refractivity contribution in [3.8, 4) is 5.75 Å². The summed E-state index contributed by atoms with van der Waals surface area (Å²) in [6, 6.07) is 16.9. The maximum atomic E-state index is 5.84. The van der Waals surface area contributed by atoms with Gasteiger partial charge in [0.25, 0.3) is 0 Å². The summed E-state index contributed by atoms with van der Waals surface area (Å²) in [5, 5.41) is 4.25. The Kier molecular flexibility index (Phi) is 6.01. The zero-order chi connectivity index (χ0) is 22.1. The Balaban J connectivity index is 1.84. The average molecular weight is 435 g/mol. The largest absolute Gasteiger partial charge is 0.494 e. The highest BCUT2D eigenvalue weighted by atomic mass is 32.1. The van der Waals surface area contributed by atoms with Crippen molar-refractivity contribution in [2.75, 3.05) is 11.5 Å². The molecule has 1 saturated heterocycles. The van der Waals surface area contributed by atoms with Gasteiger partial charge in [0.05, 0.1) is 24.4 Å². The second-order valence-corrected chi connectivity index (χ2v) is 8.60. The van der Waals surface area contributed by atoms with Gasteiger partial charge in [0.1, 0.15) is 5.75 Å². The van der Waals surface area contributed by atoms with E-state index in [0.717, 1.165) is 17.1 Å². The van der Waals surface area contributed by atoms with Gasteiger partial charge in [-0.2, -0.15) is 0 Å². The Bertz CT molecular complexity index is 1060. The summed E-state index contributed by atoms with van der Waals surface area (Å²) < 4.78 is 8.03. The van der Waals surface area contributed by atoms with Crippen molar-refractivity contribution in [1.82, 2.24) is 14.9 Å². The molecule has 1 aromatic carbocycles. The van der Waals surface area contributed by atoms with Crippen LogP contribution in [0.15, 0.2) is 54.7 Å². The normalized spacial score (nSPS) is 18.5. The SMILES string of the molecule is CCOc1ccc(N2C(=S)N[C@@H](c3ccccn3)[C@H]2c2cc(C)n(C(C)C)c2C)cc1. The first-order valence-corrected chi connectivity index (χ1v) is 11.2. The maximum Gasteiger partial charge on any atom is 0.174 e. The van der Waals surface area contributed by atoms with Crippen LogP contribution >= 0.6 is 12.2 Å². The van der Waals surface area contributed by atoms with Gasteiger partial charge in [-0.15, -0.1) is 0 Å². The van der Waals surface area contributed by atoms with Gasteiger partial charge in [0.2, 0.25) is 0 Å². The van der Waals surface area contributed by atoms with Crippen molar-refractivity contribution < 1.29 is 4.74 Å². The molecule has 0 unspecified atom stereocenters. The predicted molar refractivity (Wildman–Crippen MR) is 130 cm³/mol. The number of benzene rings is 1. The molecule has 1 fully saturated rings. The number of hydrogen-bond donors (Lipinski definition) is 1. The lowest BCUT2D eigenvalue weighted by atomic mass is 9.96. The fourth-order valence-corrected chi connectivity index (χ4v) is 5.06. The lowest BCUT2D eigenvalue weighted by molar-refractivity contribution is 0.340. The van der Waals surface area contributed by atoms with Crippen molar-refractivity contribution in [1.29, 1.82) is 0 Å². The van der Waals surface area contributed by atoms with E-state index in [1.165, 1.54) is 17.0 Å². The van der Waals surface area contributed by atoms with Gasteiger partial charge in [-0.25, -0.2) is 0 Å². The van der Waals surface area contributed by atoms with E-state index in [2.05, 4.69) is 71.7 Å². The molecule has 2 atom stereocenters. The van der Waals surface area contributed by atoms with E-state index < -0.39 is 0 Å². The molecule has 3 aromatic rings. The molecule has 1 aliphatic rings. The quantitative estimate of drug-likeness (QED) is 0.507. The van der Waals surface area contributed by atoms with E-state index in [9.17, 15) is 0 Å².